The zero-order valence-corrected chi connectivity index (χ0v) is 10.3. The first kappa shape index (κ1) is 12.8. The summed E-state index contributed by atoms with van der Waals surface area (Å²) in [6, 6.07) is 0. The SMILES string of the molecule is O=C(CO)N1CCN(CCC2CCCO2)CC1. The van der Waals surface area contributed by atoms with Crippen LogP contribution in [0.5, 0.6) is 0 Å². The maximum atomic E-state index is 11.3. The fraction of sp³-hybridized carbons (Fsp3) is 0.917. The molecule has 2 rings (SSSR count). The summed E-state index contributed by atoms with van der Waals surface area (Å²) in [4.78, 5) is 15.4. The second-order valence-corrected chi connectivity index (χ2v) is 4.80. The highest BCUT2D eigenvalue weighted by molar-refractivity contribution is 5.77. The van der Waals surface area contributed by atoms with Crippen molar-refractivity contribution in [1.29, 1.82) is 0 Å². The van der Waals surface area contributed by atoms with Crippen LogP contribution in [-0.4, -0.2) is 72.9 Å². The molecule has 0 radical (unpaired) electrons. The highest BCUT2D eigenvalue weighted by Crippen LogP contribution is 2.16. The summed E-state index contributed by atoms with van der Waals surface area (Å²) in [5.74, 6) is -0.149. The quantitative estimate of drug-likeness (QED) is 0.735. The Morgan fingerprint density at radius 3 is 2.65 bits per heavy atom. The van der Waals surface area contributed by atoms with Gasteiger partial charge in [-0.2, -0.15) is 0 Å². The van der Waals surface area contributed by atoms with E-state index in [9.17, 15) is 4.79 Å². The standard InChI is InChI=1S/C12H22N2O3/c15-10-12(16)14-7-5-13(6-8-14)4-3-11-2-1-9-17-11/h11,15H,1-10H2. The molecule has 2 fully saturated rings. The zero-order valence-electron chi connectivity index (χ0n) is 10.3. The Hall–Kier alpha value is -0.650. The van der Waals surface area contributed by atoms with E-state index in [2.05, 4.69) is 4.90 Å². The highest BCUT2D eigenvalue weighted by Gasteiger charge is 2.22. The maximum absolute atomic E-state index is 11.3. The van der Waals surface area contributed by atoms with Crippen molar-refractivity contribution in [3.8, 4) is 0 Å². The van der Waals surface area contributed by atoms with E-state index in [1.54, 1.807) is 4.90 Å². The molecule has 2 aliphatic heterocycles. The number of amides is 1. The summed E-state index contributed by atoms with van der Waals surface area (Å²) in [6.07, 6.45) is 3.95. The third-order valence-corrected chi connectivity index (χ3v) is 3.65. The molecular formula is C12H22N2O3. The molecule has 2 heterocycles. The van der Waals surface area contributed by atoms with Gasteiger partial charge in [-0.3, -0.25) is 9.69 Å². The van der Waals surface area contributed by atoms with Crippen molar-refractivity contribution in [2.75, 3.05) is 45.9 Å². The predicted octanol–water partition coefficient (Wildman–Crippen LogP) is -0.308. The summed E-state index contributed by atoms with van der Waals surface area (Å²) in [7, 11) is 0. The number of rotatable bonds is 4. The molecule has 1 unspecified atom stereocenters. The Bertz CT molecular complexity index is 246. The molecule has 2 aliphatic rings. The lowest BCUT2D eigenvalue weighted by Crippen LogP contribution is -2.49. The fourth-order valence-electron chi connectivity index (χ4n) is 2.52. The summed E-state index contributed by atoms with van der Waals surface area (Å²) in [6.45, 7) is 4.93. The number of piperazine rings is 1. The zero-order chi connectivity index (χ0) is 12.1. The van der Waals surface area contributed by atoms with E-state index < -0.39 is 0 Å². The van der Waals surface area contributed by atoms with Gasteiger partial charge in [-0.15, -0.1) is 0 Å². The second kappa shape index (κ2) is 6.33. The van der Waals surface area contributed by atoms with Crippen LogP contribution in [0.4, 0.5) is 0 Å². The highest BCUT2D eigenvalue weighted by atomic mass is 16.5. The third-order valence-electron chi connectivity index (χ3n) is 3.65. The van der Waals surface area contributed by atoms with E-state index in [4.69, 9.17) is 9.84 Å². The Balaban J connectivity index is 1.63. The summed E-state index contributed by atoms with van der Waals surface area (Å²) in [5.41, 5.74) is 0. The van der Waals surface area contributed by atoms with Crippen LogP contribution in [0, 0.1) is 0 Å². The number of hydrogen-bond acceptors (Lipinski definition) is 4. The van der Waals surface area contributed by atoms with Crippen LogP contribution in [0.1, 0.15) is 19.3 Å². The molecule has 0 aromatic heterocycles. The molecule has 5 heteroatoms. The largest absolute Gasteiger partial charge is 0.387 e. The minimum Gasteiger partial charge on any atom is -0.387 e. The van der Waals surface area contributed by atoms with Gasteiger partial charge in [0.05, 0.1) is 6.10 Å². The lowest BCUT2D eigenvalue weighted by atomic mass is 10.1. The topological polar surface area (TPSA) is 53.0 Å². The number of aliphatic hydroxyl groups is 1. The van der Waals surface area contributed by atoms with Crippen molar-refractivity contribution in [2.24, 2.45) is 0 Å². The molecule has 0 aliphatic carbocycles. The van der Waals surface area contributed by atoms with Crippen molar-refractivity contribution in [1.82, 2.24) is 9.80 Å². The van der Waals surface area contributed by atoms with Gasteiger partial charge in [-0.05, 0) is 19.3 Å². The average molecular weight is 242 g/mol. The molecule has 1 atom stereocenters. The molecule has 0 spiro atoms. The molecular weight excluding hydrogens is 220 g/mol. The molecule has 17 heavy (non-hydrogen) atoms. The van der Waals surface area contributed by atoms with Crippen LogP contribution in [0.15, 0.2) is 0 Å². The van der Waals surface area contributed by atoms with Crippen molar-refractivity contribution in [3.05, 3.63) is 0 Å². The number of carbonyl (C=O) groups excluding carboxylic acids is 1. The monoisotopic (exact) mass is 242 g/mol. The first-order chi connectivity index (χ1) is 8.29. The van der Waals surface area contributed by atoms with E-state index in [1.807, 2.05) is 0 Å². The van der Waals surface area contributed by atoms with Crippen LogP contribution in [0.25, 0.3) is 0 Å². The maximum Gasteiger partial charge on any atom is 0.248 e. The number of aliphatic hydroxyl groups excluding tert-OH is 1. The van der Waals surface area contributed by atoms with Gasteiger partial charge in [0.1, 0.15) is 6.61 Å². The molecule has 0 aromatic carbocycles. The van der Waals surface area contributed by atoms with Gasteiger partial charge < -0.3 is 14.7 Å². The first-order valence-electron chi connectivity index (χ1n) is 6.52. The van der Waals surface area contributed by atoms with Gasteiger partial charge in [0.25, 0.3) is 0 Å². The van der Waals surface area contributed by atoms with Gasteiger partial charge in [-0.25, -0.2) is 0 Å². The van der Waals surface area contributed by atoms with Gasteiger partial charge in [-0.1, -0.05) is 0 Å². The molecule has 2 saturated heterocycles. The van der Waals surface area contributed by atoms with Crippen LogP contribution in [0.2, 0.25) is 0 Å². The van der Waals surface area contributed by atoms with E-state index in [0.29, 0.717) is 6.10 Å². The molecule has 0 bridgehead atoms. The predicted molar refractivity (Wildman–Crippen MR) is 63.7 cm³/mol. The molecule has 1 amide bonds. The van der Waals surface area contributed by atoms with E-state index in [1.165, 1.54) is 12.8 Å². The minimum atomic E-state index is -0.365. The summed E-state index contributed by atoms with van der Waals surface area (Å²) >= 11 is 0. The molecule has 1 N–H and O–H groups in total. The Morgan fingerprint density at radius 1 is 1.29 bits per heavy atom. The van der Waals surface area contributed by atoms with Gasteiger partial charge in [0.15, 0.2) is 0 Å². The van der Waals surface area contributed by atoms with Gasteiger partial charge in [0, 0.05) is 39.3 Å². The van der Waals surface area contributed by atoms with E-state index in [-0.39, 0.29) is 12.5 Å². The smallest absolute Gasteiger partial charge is 0.248 e. The van der Waals surface area contributed by atoms with Crippen molar-refractivity contribution in [2.45, 2.75) is 25.4 Å². The van der Waals surface area contributed by atoms with E-state index >= 15 is 0 Å². The molecule has 98 valence electrons. The summed E-state index contributed by atoms with van der Waals surface area (Å²) in [5, 5.41) is 8.78. The molecule has 5 nitrogen and oxygen atoms in total. The number of carbonyl (C=O) groups is 1. The normalized spacial score (nSPS) is 26.4. The Labute approximate surface area is 102 Å². The third kappa shape index (κ3) is 3.66. The Morgan fingerprint density at radius 2 is 2.06 bits per heavy atom. The second-order valence-electron chi connectivity index (χ2n) is 4.80. The van der Waals surface area contributed by atoms with Crippen molar-refractivity contribution < 1.29 is 14.6 Å². The fourth-order valence-corrected chi connectivity index (χ4v) is 2.52. The van der Waals surface area contributed by atoms with Crippen LogP contribution in [0.3, 0.4) is 0 Å². The van der Waals surface area contributed by atoms with E-state index in [0.717, 1.165) is 45.8 Å². The van der Waals surface area contributed by atoms with Crippen LogP contribution in [-0.2, 0) is 9.53 Å². The van der Waals surface area contributed by atoms with Gasteiger partial charge in [0.2, 0.25) is 5.91 Å². The minimum absolute atomic E-state index is 0.149. The van der Waals surface area contributed by atoms with Crippen LogP contribution >= 0.6 is 0 Å². The number of hydrogen-bond donors (Lipinski definition) is 1. The molecule has 0 saturated carbocycles. The van der Waals surface area contributed by atoms with Crippen molar-refractivity contribution >= 4 is 5.91 Å². The lowest BCUT2D eigenvalue weighted by molar-refractivity contribution is -0.135. The lowest BCUT2D eigenvalue weighted by Gasteiger charge is -2.34. The molecule has 0 aromatic rings. The van der Waals surface area contributed by atoms with Gasteiger partial charge >= 0.3 is 0 Å². The summed E-state index contributed by atoms with van der Waals surface area (Å²) < 4.78 is 5.60. The average Bonchev–Trinajstić information content (AvgIpc) is 2.89. The van der Waals surface area contributed by atoms with Crippen LogP contribution < -0.4 is 0 Å². The van der Waals surface area contributed by atoms with Crippen molar-refractivity contribution in [3.63, 3.8) is 0 Å². The number of nitrogens with zero attached hydrogens (tertiary/aromatic N) is 2. The Kier molecular flexibility index (Phi) is 4.76. The first-order valence-corrected chi connectivity index (χ1v) is 6.52. The number of ether oxygens (including phenoxy) is 1.